The first-order chi connectivity index (χ1) is 14.6. The van der Waals surface area contributed by atoms with Gasteiger partial charge >= 0.3 is 6.18 Å². The molecule has 0 N–H and O–H groups in total. The van der Waals surface area contributed by atoms with Crippen molar-refractivity contribution in [2.45, 2.75) is 43.2 Å². The molecule has 1 aromatic carbocycles. The third kappa shape index (κ3) is 3.77. The first-order valence-corrected chi connectivity index (χ1v) is 12.5. The number of carbonyl (C=O) groups excluding carboxylic acids is 1. The van der Waals surface area contributed by atoms with Crippen LogP contribution < -0.4 is 0 Å². The van der Waals surface area contributed by atoms with Gasteiger partial charge in [-0.25, -0.2) is 8.42 Å². The summed E-state index contributed by atoms with van der Waals surface area (Å²) >= 11 is 0. The van der Waals surface area contributed by atoms with Crippen LogP contribution in [0.2, 0.25) is 0 Å². The largest absolute Gasteiger partial charge is 0.416 e. The van der Waals surface area contributed by atoms with E-state index in [0.29, 0.717) is 24.9 Å². The molecule has 5 nitrogen and oxygen atoms in total. The second-order valence-corrected chi connectivity index (χ2v) is 11.6. The van der Waals surface area contributed by atoms with Crippen LogP contribution in [0.5, 0.6) is 0 Å². The Bertz CT molecular complexity index is 925. The van der Waals surface area contributed by atoms with E-state index < -0.39 is 21.8 Å². The average molecular weight is 457 g/mol. The molecule has 170 valence electrons. The molecule has 0 unspecified atom stereocenters. The summed E-state index contributed by atoms with van der Waals surface area (Å²) in [5.41, 5.74) is -0.877. The Morgan fingerprint density at radius 1 is 0.839 bits per heavy atom. The van der Waals surface area contributed by atoms with Gasteiger partial charge in [0.1, 0.15) is 0 Å². The van der Waals surface area contributed by atoms with Crippen molar-refractivity contribution >= 4 is 15.9 Å². The lowest BCUT2D eigenvalue weighted by molar-refractivity contribution is -0.150. The number of hydrogen-bond donors (Lipinski definition) is 0. The summed E-state index contributed by atoms with van der Waals surface area (Å²) in [7, 11) is -3.89. The van der Waals surface area contributed by atoms with Crippen LogP contribution in [0, 0.1) is 29.6 Å². The molecule has 5 aliphatic rings. The highest BCUT2D eigenvalue weighted by atomic mass is 32.2. The third-order valence-electron chi connectivity index (χ3n) is 7.88. The molecule has 6 rings (SSSR count). The molecule has 1 aromatic rings. The summed E-state index contributed by atoms with van der Waals surface area (Å²) in [6.45, 7) is 1.01. The molecule has 5 fully saturated rings. The van der Waals surface area contributed by atoms with Gasteiger partial charge in [0.05, 0.1) is 10.5 Å². The Kier molecular flexibility index (Phi) is 5.12. The van der Waals surface area contributed by atoms with Gasteiger partial charge in [-0.2, -0.15) is 17.5 Å². The molecule has 1 amide bonds. The lowest BCUT2D eigenvalue weighted by Gasteiger charge is -2.54. The van der Waals surface area contributed by atoms with E-state index in [2.05, 4.69) is 0 Å². The van der Waals surface area contributed by atoms with Crippen LogP contribution in [0.15, 0.2) is 29.2 Å². The monoisotopic (exact) mass is 456 g/mol. The van der Waals surface area contributed by atoms with Crippen molar-refractivity contribution in [3.05, 3.63) is 29.8 Å². The van der Waals surface area contributed by atoms with E-state index in [-0.39, 0.29) is 29.8 Å². The van der Waals surface area contributed by atoms with Crippen molar-refractivity contribution in [3.63, 3.8) is 0 Å². The summed E-state index contributed by atoms with van der Waals surface area (Å²) in [4.78, 5) is 15.0. The first kappa shape index (κ1) is 21.2. The van der Waals surface area contributed by atoms with E-state index in [9.17, 15) is 26.4 Å². The second-order valence-electron chi connectivity index (χ2n) is 9.71. The SMILES string of the molecule is O=C(C1C2CC3CC(C2)CC1C3)N1CCN(S(=O)(=O)c2ccc(C(F)(F)F)cc2)CC1. The fourth-order valence-corrected chi connectivity index (χ4v) is 8.08. The van der Waals surface area contributed by atoms with Crippen LogP contribution in [0.3, 0.4) is 0 Å². The average Bonchev–Trinajstić information content (AvgIpc) is 2.72. The van der Waals surface area contributed by atoms with Crippen LogP contribution >= 0.6 is 0 Å². The molecule has 1 aliphatic heterocycles. The summed E-state index contributed by atoms with van der Waals surface area (Å²) < 4.78 is 65.3. The van der Waals surface area contributed by atoms with E-state index in [1.165, 1.54) is 10.7 Å². The molecule has 0 aromatic heterocycles. The van der Waals surface area contributed by atoms with Crippen LogP contribution in [0.1, 0.15) is 37.7 Å². The smallest absolute Gasteiger partial charge is 0.340 e. The first-order valence-electron chi connectivity index (χ1n) is 11.1. The van der Waals surface area contributed by atoms with Crippen molar-refractivity contribution in [1.82, 2.24) is 9.21 Å². The Labute approximate surface area is 180 Å². The van der Waals surface area contributed by atoms with Gasteiger partial charge < -0.3 is 4.90 Å². The number of hydrogen-bond acceptors (Lipinski definition) is 3. The molecule has 1 heterocycles. The van der Waals surface area contributed by atoms with Gasteiger partial charge in [-0.1, -0.05) is 0 Å². The van der Waals surface area contributed by atoms with Crippen molar-refractivity contribution in [2.75, 3.05) is 26.2 Å². The van der Waals surface area contributed by atoms with E-state index in [1.54, 1.807) is 0 Å². The topological polar surface area (TPSA) is 57.7 Å². The number of benzene rings is 1. The van der Waals surface area contributed by atoms with Gasteiger partial charge in [0.2, 0.25) is 15.9 Å². The predicted molar refractivity (Wildman–Crippen MR) is 107 cm³/mol. The molecule has 4 aliphatic carbocycles. The molecule has 1 saturated heterocycles. The number of nitrogens with zero attached hydrogens (tertiary/aromatic N) is 2. The van der Waals surface area contributed by atoms with Crippen LogP contribution in [-0.4, -0.2) is 49.7 Å². The normalized spacial score (nSPS) is 33.6. The minimum absolute atomic E-state index is 0.0888. The van der Waals surface area contributed by atoms with E-state index in [4.69, 9.17) is 0 Å². The lowest BCUT2D eigenvalue weighted by atomic mass is 9.51. The Morgan fingerprint density at radius 3 is 1.84 bits per heavy atom. The maximum absolute atomic E-state index is 13.3. The minimum atomic E-state index is -4.51. The number of halogens is 3. The van der Waals surface area contributed by atoms with Crippen molar-refractivity contribution in [1.29, 1.82) is 0 Å². The van der Waals surface area contributed by atoms with Crippen LogP contribution in [-0.2, 0) is 21.0 Å². The third-order valence-corrected chi connectivity index (χ3v) is 9.79. The predicted octanol–water partition coefficient (Wildman–Crippen LogP) is 3.61. The zero-order valence-corrected chi connectivity index (χ0v) is 18.0. The Morgan fingerprint density at radius 2 is 1.35 bits per heavy atom. The molecule has 4 saturated carbocycles. The molecule has 0 radical (unpaired) electrons. The van der Waals surface area contributed by atoms with E-state index in [1.807, 2.05) is 4.90 Å². The van der Waals surface area contributed by atoms with Crippen molar-refractivity contribution in [2.24, 2.45) is 29.6 Å². The van der Waals surface area contributed by atoms with Crippen molar-refractivity contribution < 1.29 is 26.4 Å². The van der Waals surface area contributed by atoms with Gasteiger partial charge in [0.15, 0.2) is 0 Å². The van der Waals surface area contributed by atoms with Crippen LogP contribution in [0.25, 0.3) is 0 Å². The van der Waals surface area contributed by atoms with Gasteiger partial charge in [-0.3, -0.25) is 4.79 Å². The molecular weight excluding hydrogens is 429 g/mol. The number of rotatable bonds is 3. The number of alkyl halides is 3. The Hall–Kier alpha value is -1.61. The highest BCUT2D eigenvalue weighted by Gasteiger charge is 2.51. The van der Waals surface area contributed by atoms with E-state index >= 15 is 0 Å². The molecular formula is C22H27F3N2O3S. The maximum Gasteiger partial charge on any atom is 0.416 e. The van der Waals surface area contributed by atoms with Gasteiger partial charge in [0.25, 0.3) is 0 Å². The summed E-state index contributed by atoms with van der Waals surface area (Å²) in [5, 5.41) is 0. The standard InChI is InChI=1S/C22H27F3N2O3S/c23-22(24,25)18-1-3-19(4-2-18)31(29,30)27-7-5-26(6-8-27)21(28)20-16-10-14-9-15(12-16)13-17(20)11-14/h1-4,14-17,20H,5-13H2. The highest BCUT2D eigenvalue weighted by Crippen LogP contribution is 2.56. The van der Waals surface area contributed by atoms with E-state index in [0.717, 1.165) is 61.8 Å². The number of amides is 1. The summed E-state index contributed by atoms with van der Waals surface area (Å²) in [6.07, 6.45) is 1.45. The molecule has 4 bridgehead atoms. The fourth-order valence-electron chi connectivity index (χ4n) is 6.65. The van der Waals surface area contributed by atoms with Crippen molar-refractivity contribution in [3.8, 4) is 0 Å². The molecule has 31 heavy (non-hydrogen) atoms. The molecule has 0 atom stereocenters. The lowest BCUT2D eigenvalue weighted by Crippen LogP contribution is -2.56. The second kappa shape index (κ2) is 7.47. The summed E-state index contributed by atoms with van der Waals surface area (Å²) in [6, 6.07) is 3.59. The minimum Gasteiger partial charge on any atom is -0.340 e. The quantitative estimate of drug-likeness (QED) is 0.698. The Balaban J connectivity index is 1.23. The number of carbonyl (C=O) groups is 1. The highest BCUT2D eigenvalue weighted by molar-refractivity contribution is 7.89. The number of piperazine rings is 1. The van der Waals surface area contributed by atoms with Gasteiger partial charge in [-0.15, -0.1) is 0 Å². The van der Waals surface area contributed by atoms with Gasteiger partial charge in [0, 0.05) is 32.1 Å². The fraction of sp³-hybridized carbons (Fsp3) is 0.682. The summed E-state index contributed by atoms with van der Waals surface area (Å²) in [5.74, 6) is 2.82. The number of sulfonamides is 1. The molecule has 9 heteroatoms. The zero-order chi connectivity index (χ0) is 22.0. The molecule has 0 spiro atoms. The van der Waals surface area contributed by atoms with Gasteiger partial charge in [-0.05, 0) is 80.0 Å². The van der Waals surface area contributed by atoms with Crippen LogP contribution in [0.4, 0.5) is 13.2 Å². The maximum atomic E-state index is 13.3. The zero-order valence-electron chi connectivity index (χ0n) is 17.2.